The van der Waals surface area contributed by atoms with E-state index >= 15 is 0 Å². The van der Waals surface area contributed by atoms with Gasteiger partial charge in [0.25, 0.3) is 0 Å². The van der Waals surface area contributed by atoms with Gasteiger partial charge in [-0.2, -0.15) is 0 Å². The smallest absolute Gasteiger partial charge is 0.122 e. The third-order valence-electron chi connectivity index (χ3n) is 2.63. The highest BCUT2D eigenvalue weighted by Gasteiger charge is 2.08. The molecule has 14 heavy (non-hydrogen) atoms. The van der Waals surface area contributed by atoms with Crippen LogP contribution >= 0.6 is 12.2 Å². The van der Waals surface area contributed by atoms with E-state index in [4.69, 9.17) is 12.2 Å². The Morgan fingerprint density at radius 1 is 1.36 bits per heavy atom. The molecule has 0 aromatic carbocycles. The van der Waals surface area contributed by atoms with E-state index in [2.05, 4.69) is 36.6 Å². The van der Waals surface area contributed by atoms with Crippen molar-refractivity contribution in [2.45, 2.75) is 52.5 Å². The minimum Gasteiger partial charge on any atom is -0.301 e. The second kappa shape index (κ2) is 5.35. The number of nitrogens with zero attached hydrogens (tertiary/aromatic N) is 1. The fourth-order valence-corrected chi connectivity index (χ4v) is 2.12. The molecule has 0 aliphatic carbocycles. The fourth-order valence-electron chi connectivity index (χ4n) is 1.78. The number of aryl methyl sites for hydroxylation is 1. The molecule has 1 rings (SSSR count). The number of hydrogen-bond acceptors (Lipinski definition) is 1. The summed E-state index contributed by atoms with van der Waals surface area (Å²) in [6, 6.07) is 2.63. The minimum absolute atomic E-state index is 0.535. The number of rotatable bonds is 5. The van der Waals surface area contributed by atoms with Gasteiger partial charge in [0.2, 0.25) is 0 Å². The summed E-state index contributed by atoms with van der Waals surface area (Å²) in [6.07, 6.45) is 4.53. The Kier molecular flexibility index (Phi) is 4.39. The van der Waals surface area contributed by atoms with Crippen LogP contribution in [0.1, 0.15) is 51.8 Å². The minimum atomic E-state index is 0.535. The molecule has 0 radical (unpaired) electrons. The first kappa shape index (κ1) is 11.5. The zero-order chi connectivity index (χ0) is 10.6. The maximum Gasteiger partial charge on any atom is 0.122 e. The number of H-pyrrole nitrogens is 1. The average Bonchev–Trinajstić information content (AvgIpc) is 2.51. The van der Waals surface area contributed by atoms with Crippen molar-refractivity contribution in [3.63, 3.8) is 0 Å². The maximum absolute atomic E-state index is 5.33. The van der Waals surface area contributed by atoms with Crippen LogP contribution < -0.4 is 0 Å². The summed E-state index contributed by atoms with van der Waals surface area (Å²) in [4.78, 5) is 0. The second-order valence-electron chi connectivity index (χ2n) is 3.71. The van der Waals surface area contributed by atoms with E-state index in [0.29, 0.717) is 6.04 Å². The van der Waals surface area contributed by atoms with Gasteiger partial charge in [0.15, 0.2) is 0 Å². The molecule has 0 spiro atoms. The Hall–Kier alpha value is -0.570. The van der Waals surface area contributed by atoms with Crippen LogP contribution in [0.5, 0.6) is 0 Å². The third-order valence-corrected chi connectivity index (χ3v) is 2.94. The Labute approximate surface area is 91.3 Å². The molecule has 1 heterocycles. The van der Waals surface area contributed by atoms with Crippen molar-refractivity contribution >= 4 is 12.2 Å². The number of aromatic amines is 1. The molecule has 0 atom stereocenters. The summed E-state index contributed by atoms with van der Waals surface area (Å²) in [5, 5.41) is 3.40. The first-order valence-corrected chi connectivity index (χ1v) is 5.94. The molecular formula is C11H20N2S. The van der Waals surface area contributed by atoms with Gasteiger partial charge in [-0.3, -0.25) is 4.68 Å². The summed E-state index contributed by atoms with van der Waals surface area (Å²) >= 11 is 5.33. The quantitative estimate of drug-likeness (QED) is 0.735. The molecule has 0 bridgehead atoms. The largest absolute Gasteiger partial charge is 0.301 e. The lowest BCUT2D eigenvalue weighted by Crippen LogP contribution is -2.09. The maximum atomic E-state index is 5.33. The topological polar surface area (TPSA) is 20.7 Å². The van der Waals surface area contributed by atoms with Crippen LogP contribution in [-0.4, -0.2) is 9.78 Å². The Balaban J connectivity index is 2.91. The monoisotopic (exact) mass is 212 g/mol. The summed E-state index contributed by atoms with van der Waals surface area (Å²) in [5.41, 5.74) is 1.27. The zero-order valence-electron chi connectivity index (χ0n) is 9.34. The molecule has 80 valence electrons. The van der Waals surface area contributed by atoms with Gasteiger partial charge in [-0.25, -0.2) is 0 Å². The molecule has 0 aliphatic rings. The van der Waals surface area contributed by atoms with Crippen molar-refractivity contribution in [2.24, 2.45) is 0 Å². The van der Waals surface area contributed by atoms with E-state index in [1.54, 1.807) is 0 Å². The molecule has 1 aromatic rings. The van der Waals surface area contributed by atoms with Crippen molar-refractivity contribution in [3.05, 3.63) is 16.4 Å². The van der Waals surface area contributed by atoms with Gasteiger partial charge in [-0.05, 0) is 25.3 Å². The predicted molar refractivity (Wildman–Crippen MR) is 63.2 cm³/mol. The van der Waals surface area contributed by atoms with Crippen molar-refractivity contribution < 1.29 is 0 Å². The molecule has 2 nitrogen and oxygen atoms in total. The normalized spacial score (nSPS) is 11.1. The Morgan fingerprint density at radius 3 is 2.50 bits per heavy atom. The van der Waals surface area contributed by atoms with E-state index in [1.807, 2.05) is 0 Å². The van der Waals surface area contributed by atoms with Gasteiger partial charge < -0.3 is 5.10 Å². The molecule has 3 heteroatoms. The van der Waals surface area contributed by atoms with Gasteiger partial charge >= 0.3 is 0 Å². The van der Waals surface area contributed by atoms with Crippen molar-refractivity contribution in [2.75, 3.05) is 0 Å². The highest BCUT2D eigenvalue weighted by atomic mass is 32.1. The van der Waals surface area contributed by atoms with Crippen LogP contribution in [0.15, 0.2) is 6.07 Å². The number of aromatic nitrogens is 2. The second-order valence-corrected chi connectivity index (χ2v) is 4.13. The molecule has 0 fully saturated rings. The molecule has 0 unspecified atom stereocenters. The average molecular weight is 212 g/mol. The Morgan fingerprint density at radius 2 is 2.00 bits per heavy atom. The first-order valence-electron chi connectivity index (χ1n) is 5.53. The van der Waals surface area contributed by atoms with Gasteiger partial charge in [-0.1, -0.05) is 39.4 Å². The van der Waals surface area contributed by atoms with E-state index in [-0.39, 0.29) is 0 Å². The zero-order valence-corrected chi connectivity index (χ0v) is 10.2. The molecular weight excluding hydrogens is 192 g/mol. The Bertz CT molecular complexity index is 320. The summed E-state index contributed by atoms with van der Waals surface area (Å²) in [6.45, 7) is 6.60. The molecule has 0 amide bonds. The molecule has 0 aliphatic heterocycles. The fraction of sp³-hybridized carbons (Fsp3) is 0.727. The van der Waals surface area contributed by atoms with E-state index in [9.17, 15) is 0 Å². The lowest BCUT2D eigenvalue weighted by Gasteiger charge is -2.14. The summed E-state index contributed by atoms with van der Waals surface area (Å²) in [7, 11) is 0. The van der Waals surface area contributed by atoms with Crippen molar-refractivity contribution in [1.82, 2.24) is 9.78 Å². The van der Waals surface area contributed by atoms with Crippen LogP contribution in [-0.2, 0) is 6.42 Å². The molecule has 0 saturated carbocycles. The first-order chi connectivity index (χ1) is 6.72. The third kappa shape index (κ3) is 2.47. The van der Waals surface area contributed by atoms with Crippen LogP contribution in [0.25, 0.3) is 0 Å². The highest BCUT2D eigenvalue weighted by Crippen LogP contribution is 2.16. The van der Waals surface area contributed by atoms with E-state index in [0.717, 1.165) is 30.3 Å². The van der Waals surface area contributed by atoms with Gasteiger partial charge in [0, 0.05) is 5.69 Å². The summed E-state index contributed by atoms with van der Waals surface area (Å²) in [5.74, 6) is 0. The van der Waals surface area contributed by atoms with Gasteiger partial charge in [0.05, 0.1) is 6.04 Å². The lowest BCUT2D eigenvalue weighted by atomic mass is 10.2. The highest BCUT2D eigenvalue weighted by molar-refractivity contribution is 7.71. The van der Waals surface area contributed by atoms with E-state index in [1.165, 1.54) is 5.69 Å². The van der Waals surface area contributed by atoms with Crippen LogP contribution in [0, 0.1) is 4.64 Å². The number of hydrogen-bond donors (Lipinski definition) is 1. The standard InChI is InChI=1S/C11H20N2S/c1-4-7-9-8-11(14)13(12-9)10(5-2)6-3/h8,10,12H,4-7H2,1-3H3. The van der Waals surface area contributed by atoms with Gasteiger partial charge in [-0.15, -0.1) is 0 Å². The molecule has 1 N–H and O–H groups in total. The van der Waals surface area contributed by atoms with Crippen LogP contribution in [0.2, 0.25) is 0 Å². The molecule has 1 aromatic heterocycles. The van der Waals surface area contributed by atoms with Crippen molar-refractivity contribution in [1.29, 1.82) is 0 Å². The van der Waals surface area contributed by atoms with Crippen LogP contribution in [0.3, 0.4) is 0 Å². The number of nitrogens with one attached hydrogen (secondary N) is 1. The van der Waals surface area contributed by atoms with Crippen molar-refractivity contribution in [3.8, 4) is 0 Å². The van der Waals surface area contributed by atoms with E-state index < -0.39 is 0 Å². The van der Waals surface area contributed by atoms with Crippen LogP contribution in [0.4, 0.5) is 0 Å². The summed E-state index contributed by atoms with van der Waals surface area (Å²) < 4.78 is 3.09. The molecule has 0 saturated heterocycles. The lowest BCUT2D eigenvalue weighted by molar-refractivity contribution is 0.421. The predicted octanol–water partition coefficient (Wildman–Crippen LogP) is 3.86. The van der Waals surface area contributed by atoms with Gasteiger partial charge in [0.1, 0.15) is 4.64 Å². The SMILES string of the molecule is CCCc1cc(=S)n(C(CC)CC)[nH]1.